The van der Waals surface area contributed by atoms with Crippen LogP contribution in [0.15, 0.2) is 29.3 Å². The Bertz CT molecular complexity index is 575. The van der Waals surface area contributed by atoms with Gasteiger partial charge in [0, 0.05) is 18.1 Å². The Morgan fingerprint density at radius 1 is 1.33 bits per heavy atom. The van der Waals surface area contributed by atoms with Crippen molar-refractivity contribution < 1.29 is 8.42 Å². The molecule has 0 aromatic heterocycles. The molecule has 0 fully saturated rings. The van der Waals surface area contributed by atoms with Crippen molar-refractivity contribution >= 4 is 27.6 Å². The Kier molecular flexibility index (Phi) is 7.49. The number of rotatable bonds is 7. The minimum Gasteiger partial charge on any atom is -0.357 e. The van der Waals surface area contributed by atoms with E-state index in [4.69, 9.17) is 16.7 Å². The van der Waals surface area contributed by atoms with E-state index in [9.17, 15) is 8.42 Å². The summed E-state index contributed by atoms with van der Waals surface area (Å²) in [4.78, 5) is 4.15. The first kappa shape index (κ1) is 17.7. The predicted octanol–water partition coefficient (Wildman–Crippen LogP) is 0.726. The molecular formula is C13H21ClN4O2S. The van der Waals surface area contributed by atoms with E-state index in [1.54, 1.807) is 0 Å². The smallest absolute Gasteiger partial charge is 0.210 e. The van der Waals surface area contributed by atoms with E-state index >= 15 is 0 Å². The highest BCUT2D eigenvalue weighted by Crippen LogP contribution is 2.14. The highest BCUT2D eigenvalue weighted by Gasteiger charge is 2.03. The third-order valence-corrected chi connectivity index (χ3v) is 3.75. The normalized spacial score (nSPS) is 12.2. The molecule has 0 saturated heterocycles. The number of sulfonamides is 1. The van der Waals surface area contributed by atoms with Crippen molar-refractivity contribution in [3.8, 4) is 0 Å². The summed E-state index contributed by atoms with van der Waals surface area (Å²) >= 11 is 6.08. The van der Waals surface area contributed by atoms with Crippen LogP contribution in [0, 0.1) is 0 Å². The fourth-order valence-electron chi connectivity index (χ4n) is 1.64. The van der Waals surface area contributed by atoms with Crippen LogP contribution in [-0.2, 0) is 16.4 Å². The lowest BCUT2D eigenvalue weighted by Gasteiger charge is -2.11. The average molecular weight is 333 g/mol. The van der Waals surface area contributed by atoms with Gasteiger partial charge in [-0.2, -0.15) is 0 Å². The fourth-order valence-corrected chi connectivity index (χ4v) is 2.22. The first-order valence-electron chi connectivity index (χ1n) is 6.68. The zero-order chi connectivity index (χ0) is 15.7. The van der Waals surface area contributed by atoms with Crippen molar-refractivity contribution in [3.05, 3.63) is 34.9 Å². The van der Waals surface area contributed by atoms with Crippen LogP contribution in [0.3, 0.4) is 0 Å². The first-order chi connectivity index (χ1) is 9.92. The summed E-state index contributed by atoms with van der Waals surface area (Å²) in [5, 5.41) is 11.8. The molecule has 8 heteroatoms. The van der Waals surface area contributed by atoms with E-state index in [2.05, 4.69) is 15.6 Å². The zero-order valence-electron chi connectivity index (χ0n) is 12.0. The number of halogens is 1. The maximum Gasteiger partial charge on any atom is 0.210 e. The molecule has 118 valence electrons. The molecule has 6 nitrogen and oxygen atoms in total. The summed E-state index contributed by atoms with van der Waals surface area (Å²) in [6, 6.07) is 7.64. The number of nitrogens with zero attached hydrogens (tertiary/aromatic N) is 1. The van der Waals surface area contributed by atoms with Crippen molar-refractivity contribution in [2.75, 3.05) is 25.4 Å². The van der Waals surface area contributed by atoms with Crippen LogP contribution in [0.25, 0.3) is 0 Å². The Hall–Kier alpha value is -1.31. The standard InChI is InChI=1S/C13H21ClN4O2S/c1-2-16-13(18-9-10-21(15,19)20)17-8-7-11-5-3-4-6-12(11)14/h3-6H,2,7-10H2,1H3,(H2,15,19,20)(H2,16,17,18). The van der Waals surface area contributed by atoms with Gasteiger partial charge in [-0.25, -0.2) is 13.6 Å². The molecule has 4 N–H and O–H groups in total. The molecule has 0 atom stereocenters. The second kappa shape index (κ2) is 8.86. The molecule has 1 aromatic carbocycles. The molecule has 0 radical (unpaired) electrons. The van der Waals surface area contributed by atoms with Crippen LogP contribution in [0.1, 0.15) is 12.5 Å². The molecule has 0 unspecified atom stereocenters. The Labute approximate surface area is 130 Å². The highest BCUT2D eigenvalue weighted by molar-refractivity contribution is 7.89. The van der Waals surface area contributed by atoms with Gasteiger partial charge < -0.3 is 10.6 Å². The van der Waals surface area contributed by atoms with Gasteiger partial charge in [0.2, 0.25) is 10.0 Å². The number of primary sulfonamides is 1. The van der Waals surface area contributed by atoms with Gasteiger partial charge in [0.15, 0.2) is 5.96 Å². The molecule has 0 saturated carbocycles. The van der Waals surface area contributed by atoms with Crippen LogP contribution in [-0.4, -0.2) is 39.8 Å². The third-order valence-electron chi connectivity index (χ3n) is 2.63. The second-order valence-corrected chi connectivity index (χ2v) is 6.54. The number of nitrogens with one attached hydrogen (secondary N) is 2. The lowest BCUT2D eigenvalue weighted by atomic mass is 10.1. The summed E-state index contributed by atoms with van der Waals surface area (Å²) in [6.07, 6.45) is 0.749. The van der Waals surface area contributed by atoms with E-state index in [0.717, 1.165) is 17.0 Å². The Balaban J connectivity index is 2.47. The van der Waals surface area contributed by atoms with Crippen LogP contribution in [0.2, 0.25) is 5.02 Å². The molecule has 0 amide bonds. The summed E-state index contributed by atoms with van der Waals surface area (Å²) in [5.41, 5.74) is 1.05. The third kappa shape index (κ3) is 7.89. The number of hydrogen-bond donors (Lipinski definition) is 3. The van der Waals surface area contributed by atoms with Gasteiger partial charge >= 0.3 is 0 Å². The lowest BCUT2D eigenvalue weighted by Crippen LogP contribution is -2.38. The summed E-state index contributed by atoms with van der Waals surface area (Å²) < 4.78 is 21.7. The largest absolute Gasteiger partial charge is 0.357 e. The Morgan fingerprint density at radius 3 is 2.67 bits per heavy atom. The molecule has 0 spiro atoms. The predicted molar refractivity (Wildman–Crippen MR) is 87.1 cm³/mol. The van der Waals surface area contributed by atoms with Gasteiger partial charge in [-0.1, -0.05) is 29.8 Å². The number of guanidine groups is 1. The van der Waals surface area contributed by atoms with Crippen LogP contribution < -0.4 is 15.8 Å². The average Bonchev–Trinajstić information content (AvgIpc) is 2.39. The maximum atomic E-state index is 10.9. The lowest BCUT2D eigenvalue weighted by molar-refractivity contribution is 0.597. The van der Waals surface area contributed by atoms with E-state index in [1.807, 2.05) is 31.2 Å². The van der Waals surface area contributed by atoms with Crippen LogP contribution >= 0.6 is 11.6 Å². The van der Waals surface area contributed by atoms with Crippen LogP contribution in [0.4, 0.5) is 0 Å². The maximum absolute atomic E-state index is 10.9. The van der Waals surface area contributed by atoms with Gasteiger partial charge in [0.25, 0.3) is 0 Å². The SMILES string of the molecule is CCNC(=NCCS(N)(=O)=O)NCCc1ccccc1Cl. The number of nitrogens with two attached hydrogens (primary N) is 1. The molecule has 0 heterocycles. The molecule has 1 aromatic rings. The molecule has 21 heavy (non-hydrogen) atoms. The van der Waals surface area contributed by atoms with Crippen LogP contribution in [0.5, 0.6) is 0 Å². The first-order valence-corrected chi connectivity index (χ1v) is 8.78. The van der Waals surface area contributed by atoms with Gasteiger partial charge in [-0.15, -0.1) is 0 Å². The number of hydrogen-bond acceptors (Lipinski definition) is 3. The fraction of sp³-hybridized carbons (Fsp3) is 0.462. The van der Waals surface area contributed by atoms with Gasteiger partial charge in [-0.3, -0.25) is 4.99 Å². The molecule has 0 aliphatic heterocycles. The van der Waals surface area contributed by atoms with Gasteiger partial charge in [0.1, 0.15) is 0 Å². The van der Waals surface area contributed by atoms with Crippen molar-refractivity contribution in [2.24, 2.45) is 10.1 Å². The highest BCUT2D eigenvalue weighted by atomic mass is 35.5. The zero-order valence-corrected chi connectivity index (χ0v) is 13.5. The van der Waals surface area contributed by atoms with E-state index in [-0.39, 0.29) is 12.3 Å². The minimum atomic E-state index is -3.48. The summed E-state index contributed by atoms with van der Waals surface area (Å²) in [5.74, 6) is 0.391. The van der Waals surface area contributed by atoms with Crippen molar-refractivity contribution in [3.63, 3.8) is 0 Å². The molecule has 0 aliphatic rings. The van der Waals surface area contributed by atoms with E-state index in [0.29, 0.717) is 19.0 Å². The van der Waals surface area contributed by atoms with Gasteiger partial charge in [0.05, 0.1) is 12.3 Å². The van der Waals surface area contributed by atoms with Crippen molar-refractivity contribution in [2.45, 2.75) is 13.3 Å². The number of benzene rings is 1. The van der Waals surface area contributed by atoms with Crippen molar-refractivity contribution in [1.82, 2.24) is 10.6 Å². The topological polar surface area (TPSA) is 96.6 Å². The number of aliphatic imine (C=N–C) groups is 1. The summed E-state index contributed by atoms with van der Waals surface area (Å²) in [7, 11) is -3.48. The van der Waals surface area contributed by atoms with E-state index in [1.165, 1.54) is 0 Å². The minimum absolute atomic E-state index is 0.125. The molecular weight excluding hydrogens is 312 g/mol. The van der Waals surface area contributed by atoms with E-state index < -0.39 is 10.0 Å². The second-order valence-electron chi connectivity index (χ2n) is 4.40. The quantitative estimate of drug-likeness (QED) is 0.506. The molecule has 0 bridgehead atoms. The monoisotopic (exact) mass is 332 g/mol. The molecule has 0 aliphatic carbocycles. The van der Waals surface area contributed by atoms with Crippen molar-refractivity contribution in [1.29, 1.82) is 0 Å². The van der Waals surface area contributed by atoms with Gasteiger partial charge in [-0.05, 0) is 25.0 Å². The summed E-state index contributed by atoms with van der Waals surface area (Å²) in [6.45, 7) is 3.39. The molecule has 1 rings (SSSR count). The Morgan fingerprint density at radius 2 is 2.05 bits per heavy atom.